The van der Waals surface area contributed by atoms with Gasteiger partial charge in [-0.2, -0.15) is 0 Å². The highest BCUT2D eigenvalue weighted by Crippen LogP contribution is 2.49. The van der Waals surface area contributed by atoms with Crippen LogP contribution in [0.4, 0.5) is 0 Å². The summed E-state index contributed by atoms with van der Waals surface area (Å²) in [6.07, 6.45) is 5.92. The first-order valence-electron chi connectivity index (χ1n) is 8.76. The van der Waals surface area contributed by atoms with Crippen LogP contribution in [0.2, 0.25) is 0 Å². The Hall–Kier alpha value is -1.88. The number of hydrogen-bond acceptors (Lipinski definition) is 5. The number of phenolic OH excluding ortho intramolecular Hbond substituents is 1. The van der Waals surface area contributed by atoms with Gasteiger partial charge in [-0.05, 0) is 50.8 Å². The Morgan fingerprint density at radius 2 is 2.17 bits per heavy atom. The second kappa shape index (κ2) is 6.93. The molecule has 2 aliphatic rings. The van der Waals surface area contributed by atoms with Crippen molar-refractivity contribution in [3.8, 4) is 11.5 Å². The predicted molar refractivity (Wildman–Crippen MR) is 94.0 cm³/mol. The van der Waals surface area contributed by atoms with Crippen LogP contribution in [0.1, 0.15) is 50.5 Å². The van der Waals surface area contributed by atoms with Gasteiger partial charge in [0.2, 0.25) is 5.72 Å². The molecule has 2 unspecified atom stereocenters. The summed E-state index contributed by atoms with van der Waals surface area (Å²) in [6, 6.07) is 5.13. The monoisotopic (exact) mass is 330 g/mol. The lowest BCUT2D eigenvalue weighted by molar-refractivity contribution is -0.144. The minimum Gasteiger partial charge on any atom is -0.508 e. The predicted octanol–water partition coefficient (Wildman–Crippen LogP) is 3.12. The van der Waals surface area contributed by atoms with E-state index >= 15 is 0 Å². The zero-order valence-corrected chi connectivity index (χ0v) is 14.5. The molecule has 0 amide bonds. The van der Waals surface area contributed by atoms with Crippen LogP contribution >= 0.6 is 0 Å². The molecule has 1 aromatic carbocycles. The van der Waals surface area contributed by atoms with E-state index in [0.29, 0.717) is 5.75 Å². The Morgan fingerprint density at radius 1 is 1.42 bits per heavy atom. The normalized spacial score (nSPS) is 27.6. The Bertz CT molecular complexity index is 637. The van der Waals surface area contributed by atoms with E-state index in [1.54, 1.807) is 25.2 Å². The Morgan fingerprint density at radius 3 is 2.83 bits per heavy atom. The van der Waals surface area contributed by atoms with Crippen molar-refractivity contribution in [3.63, 3.8) is 0 Å². The van der Waals surface area contributed by atoms with E-state index in [9.17, 15) is 9.90 Å². The van der Waals surface area contributed by atoms with Crippen molar-refractivity contribution in [3.05, 3.63) is 23.8 Å². The average molecular weight is 330 g/mol. The number of hydrogen-bond donors (Lipinski definition) is 1. The fourth-order valence-electron chi connectivity index (χ4n) is 3.91. The van der Waals surface area contributed by atoms with Gasteiger partial charge in [0.25, 0.3) is 0 Å². The summed E-state index contributed by atoms with van der Waals surface area (Å²) in [4.78, 5) is 18.7. The summed E-state index contributed by atoms with van der Waals surface area (Å²) in [5.74, 6) is 0.831. The maximum atomic E-state index is 12.2. The lowest BCUT2D eigenvalue weighted by atomic mass is 9.84. The van der Waals surface area contributed by atoms with Gasteiger partial charge in [0.1, 0.15) is 11.5 Å². The van der Waals surface area contributed by atoms with E-state index in [0.717, 1.165) is 56.3 Å². The molecule has 2 atom stereocenters. The number of aldehydes is 1. The number of fused-ring (bicyclic) bond motifs is 1. The first-order chi connectivity index (χ1) is 11.6. The summed E-state index contributed by atoms with van der Waals surface area (Å²) in [6.45, 7) is 3.74. The van der Waals surface area contributed by atoms with E-state index in [-0.39, 0.29) is 11.7 Å². The Labute approximate surface area is 143 Å². The Kier molecular flexibility index (Phi) is 4.90. The van der Waals surface area contributed by atoms with Crippen LogP contribution in [-0.2, 0) is 4.79 Å². The largest absolute Gasteiger partial charge is 0.508 e. The van der Waals surface area contributed by atoms with E-state index in [1.165, 1.54) is 6.42 Å². The van der Waals surface area contributed by atoms with Crippen LogP contribution in [-0.4, -0.2) is 47.9 Å². The number of nitrogens with zero attached hydrogens (tertiary/aromatic N) is 2. The molecule has 5 nitrogen and oxygen atoms in total. The molecule has 2 aliphatic heterocycles. The van der Waals surface area contributed by atoms with Crippen molar-refractivity contribution in [1.29, 1.82) is 0 Å². The van der Waals surface area contributed by atoms with Crippen molar-refractivity contribution in [2.75, 3.05) is 20.1 Å². The molecule has 1 aromatic rings. The van der Waals surface area contributed by atoms with Crippen LogP contribution in [0.5, 0.6) is 11.5 Å². The molecule has 0 saturated carbocycles. The molecule has 5 heteroatoms. The molecule has 1 fully saturated rings. The second-order valence-corrected chi connectivity index (χ2v) is 6.79. The highest BCUT2D eigenvalue weighted by molar-refractivity contribution is 5.82. The number of carbonyl (C=O) groups excluding carboxylic acids is 1. The topological polar surface area (TPSA) is 62.1 Å². The lowest BCUT2D eigenvalue weighted by Crippen LogP contribution is -2.57. The SMILES string of the molecule is CN=C(C)CCC1c2cc(O)ccc2OC1(C=O)N1CCCCC1. The standard InChI is InChI=1S/C19H26N2O3/c1-14(20-2)6-8-17-16-12-15(23)7-9-18(16)24-19(17,13-22)21-10-4-3-5-11-21/h7,9,12-13,17,23H,3-6,8,10-11H2,1-2H3. The van der Waals surface area contributed by atoms with Crippen molar-refractivity contribution < 1.29 is 14.6 Å². The zero-order chi connectivity index (χ0) is 17.2. The molecule has 0 spiro atoms. The zero-order valence-electron chi connectivity index (χ0n) is 14.5. The molecule has 130 valence electrons. The molecular weight excluding hydrogens is 304 g/mol. The smallest absolute Gasteiger partial charge is 0.226 e. The number of aromatic hydroxyl groups is 1. The van der Waals surface area contributed by atoms with Gasteiger partial charge in [-0.15, -0.1) is 0 Å². The fraction of sp³-hybridized carbons (Fsp3) is 0.579. The van der Waals surface area contributed by atoms with Gasteiger partial charge in [-0.25, -0.2) is 0 Å². The third-order valence-corrected chi connectivity index (χ3v) is 5.34. The maximum absolute atomic E-state index is 12.2. The van der Waals surface area contributed by atoms with Crippen molar-refractivity contribution in [1.82, 2.24) is 4.90 Å². The molecule has 0 bridgehead atoms. The first-order valence-corrected chi connectivity index (χ1v) is 8.76. The number of likely N-dealkylation sites (tertiary alicyclic amines) is 1. The summed E-state index contributed by atoms with van der Waals surface area (Å²) in [5, 5.41) is 9.91. The third-order valence-electron chi connectivity index (χ3n) is 5.34. The van der Waals surface area contributed by atoms with E-state index in [1.807, 2.05) is 6.92 Å². The molecule has 1 saturated heterocycles. The number of aliphatic imine (C=N–C) groups is 1. The number of rotatable bonds is 5. The highest BCUT2D eigenvalue weighted by atomic mass is 16.5. The molecule has 2 heterocycles. The minimum absolute atomic E-state index is 0.0908. The summed E-state index contributed by atoms with van der Waals surface area (Å²) in [5.41, 5.74) is 1.03. The van der Waals surface area contributed by atoms with Crippen LogP contribution in [0.3, 0.4) is 0 Å². The molecule has 1 N–H and O–H groups in total. The average Bonchev–Trinajstić information content (AvgIpc) is 2.94. The van der Waals surface area contributed by atoms with Crippen LogP contribution < -0.4 is 4.74 Å². The van der Waals surface area contributed by atoms with Crippen molar-refractivity contribution >= 4 is 12.0 Å². The molecule has 3 rings (SSSR count). The van der Waals surface area contributed by atoms with Gasteiger partial charge in [0, 0.05) is 37.3 Å². The third kappa shape index (κ3) is 2.93. The number of carbonyl (C=O) groups is 1. The van der Waals surface area contributed by atoms with Gasteiger partial charge >= 0.3 is 0 Å². The summed E-state index contributed by atoms with van der Waals surface area (Å²) < 4.78 is 6.22. The van der Waals surface area contributed by atoms with Crippen molar-refractivity contribution in [2.45, 2.75) is 50.7 Å². The molecule has 0 aliphatic carbocycles. The van der Waals surface area contributed by atoms with Crippen LogP contribution in [0, 0.1) is 0 Å². The van der Waals surface area contributed by atoms with Crippen molar-refractivity contribution in [2.24, 2.45) is 4.99 Å². The molecular formula is C19H26N2O3. The summed E-state index contributed by atoms with van der Waals surface area (Å²) in [7, 11) is 1.79. The van der Waals surface area contributed by atoms with Gasteiger partial charge in [-0.1, -0.05) is 6.42 Å². The van der Waals surface area contributed by atoms with E-state index < -0.39 is 5.72 Å². The first kappa shape index (κ1) is 17.0. The fourth-order valence-corrected chi connectivity index (χ4v) is 3.91. The van der Waals surface area contributed by atoms with E-state index in [4.69, 9.17) is 4.74 Å². The van der Waals surface area contributed by atoms with Crippen LogP contribution in [0.25, 0.3) is 0 Å². The second-order valence-electron chi connectivity index (χ2n) is 6.79. The molecule has 24 heavy (non-hydrogen) atoms. The quantitative estimate of drug-likeness (QED) is 0.665. The number of phenols is 1. The molecule has 0 aromatic heterocycles. The summed E-state index contributed by atoms with van der Waals surface area (Å²) >= 11 is 0. The number of benzene rings is 1. The van der Waals surface area contributed by atoms with Gasteiger partial charge in [0.15, 0.2) is 6.29 Å². The van der Waals surface area contributed by atoms with E-state index in [2.05, 4.69) is 9.89 Å². The molecule has 0 radical (unpaired) electrons. The van der Waals surface area contributed by atoms with Gasteiger partial charge in [-0.3, -0.25) is 14.7 Å². The highest BCUT2D eigenvalue weighted by Gasteiger charge is 2.52. The minimum atomic E-state index is -0.954. The number of ether oxygens (including phenoxy) is 1. The Balaban J connectivity index is 1.98. The van der Waals surface area contributed by atoms with Gasteiger partial charge in [0.05, 0.1) is 0 Å². The lowest BCUT2D eigenvalue weighted by Gasteiger charge is -2.42. The van der Waals surface area contributed by atoms with Crippen LogP contribution in [0.15, 0.2) is 23.2 Å². The van der Waals surface area contributed by atoms with Gasteiger partial charge < -0.3 is 9.84 Å². The maximum Gasteiger partial charge on any atom is 0.226 e. The number of piperidine rings is 1.